The molecule has 0 saturated heterocycles. The Labute approximate surface area is 128 Å². The van der Waals surface area contributed by atoms with E-state index in [4.69, 9.17) is 12.2 Å². The number of para-hydroxylation sites is 2. The van der Waals surface area contributed by atoms with Gasteiger partial charge in [0.2, 0.25) is 5.95 Å². The van der Waals surface area contributed by atoms with Crippen LogP contribution in [0.4, 0.5) is 5.95 Å². The van der Waals surface area contributed by atoms with E-state index in [0.29, 0.717) is 11.7 Å². The van der Waals surface area contributed by atoms with Gasteiger partial charge in [-0.3, -0.25) is 0 Å². The van der Waals surface area contributed by atoms with Crippen molar-refractivity contribution >= 4 is 34.3 Å². The number of nitrogens with one attached hydrogen (secondary N) is 2. The third-order valence-electron chi connectivity index (χ3n) is 3.31. The Kier molecular flexibility index (Phi) is 3.83. The van der Waals surface area contributed by atoms with Crippen LogP contribution in [-0.4, -0.2) is 14.7 Å². The summed E-state index contributed by atoms with van der Waals surface area (Å²) in [6.45, 7) is 0.691. The second-order valence-electron chi connectivity index (χ2n) is 4.78. The van der Waals surface area contributed by atoms with Gasteiger partial charge in [0.15, 0.2) is 5.11 Å². The van der Waals surface area contributed by atoms with Gasteiger partial charge < -0.3 is 15.2 Å². The minimum absolute atomic E-state index is 0.567. The van der Waals surface area contributed by atoms with Crippen molar-refractivity contribution in [2.75, 3.05) is 5.32 Å². The molecular formula is C16H16N4S. The molecule has 0 bridgehead atoms. The summed E-state index contributed by atoms with van der Waals surface area (Å²) in [5.41, 5.74) is 3.21. The Morgan fingerprint density at radius 1 is 1.10 bits per heavy atom. The quantitative estimate of drug-likeness (QED) is 0.729. The number of thiocarbonyl (C=S) groups is 1. The summed E-state index contributed by atoms with van der Waals surface area (Å²) in [4.78, 5) is 4.53. The Hall–Kier alpha value is -2.40. The summed E-state index contributed by atoms with van der Waals surface area (Å²) in [6.07, 6.45) is 0. The molecule has 2 N–H and O–H groups in total. The summed E-state index contributed by atoms with van der Waals surface area (Å²) in [6, 6.07) is 18.1. The minimum atomic E-state index is 0.567. The molecule has 0 aliphatic heterocycles. The van der Waals surface area contributed by atoms with E-state index in [1.165, 1.54) is 5.56 Å². The third kappa shape index (κ3) is 3.03. The van der Waals surface area contributed by atoms with Crippen molar-refractivity contribution in [1.29, 1.82) is 0 Å². The Morgan fingerprint density at radius 3 is 2.57 bits per heavy atom. The molecule has 0 fully saturated rings. The summed E-state index contributed by atoms with van der Waals surface area (Å²) in [7, 11) is 1.97. The van der Waals surface area contributed by atoms with Crippen LogP contribution in [0.5, 0.6) is 0 Å². The predicted octanol–water partition coefficient (Wildman–Crippen LogP) is 3.06. The monoisotopic (exact) mass is 296 g/mol. The lowest BCUT2D eigenvalue weighted by Gasteiger charge is -2.10. The molecule has 1 heterocycles. The van der Waals surface area contributed by atoms with E-state index in [2.05, 4.69) is 27.8 Å². The van der Waals surface area contributed by atoms with E-state index in [9.17, 15) is 0 Å². The van der Waals surface area contributed by atoms with Gasteiger partial charge in [-0.2, -0.15) is 0 Å². The van der Waals surface area contributed by atoms with Crippen molar-refractivity contribution in [2.45, 2.75) is 6.54 Å². The van der Waals surface area contributed by atoms with Crippen LogP contribution in [0.1, 0.15) is 5.56 Å². The van der Waals surface area contributed by atoms with Crippen LogP contribution in [0.3, 0.4) is 0 Å². The van der Waals surface area contributed by atoms with E-state index in [1.807, 2.05) is 54.1 Å². The van der Waals surface area contributed by atoms with Gasteiger partial charge in [0.25, 0.3) is 0 Å². The van der Waals surface area contributed by atoms with Gasteiger partial charge in [0, 0.05) is 13.6 Å². The highest BCUT2D eigenvalue weighted by Crippen LogP contribution is 2.17. The first-order valence-electron chi connectivity index (χ1n) is 6.74. The van der Waals surface area contributed by atoms with E-state index in [0.717, 1.165) is 17.0 Å². The number of hydrogen-bond donors (Lipinski definition) is 2. The van der Waals surface area contributed by atoms with Crippen LogP contribution < -0.4 is 10.6 Å². The van der Waals surface area contributed by atoms with Crippen LogP contribution >= 0.6 is 12.2 Å². The number of imidazole rings is 1. The number of aryl methyl sites for hydroxylation is 1. The molecule has 0 unspecified atom stereocenters. The highest BCUT2D eigenvalue weighted by atomic mass is 32.1. The van der Waals surface area contributed by atoms with Crippen LogP contribution in [0.2, 0.25) is 0 Å². The minimum Gasteiger partial charge on any atom is -0.358 e. The average Bonchev–Trinajstić information content (AvgIpc) is 2.83. The maximum atomic E-state index is 5.32. The summed E-state index contributed by atoms with van der Waals surface area (Å²) >= 11 is 5.32. The van der Waals surface area contributed by atoms with Gasteiger partial charge in [-0.1, -0.05) is 42.5 Å². The molecule has 0 aliphatic rings. The first-order valence-corrected chi connectivity index (χ1v) is 7.15. The van der Waals surface area contributed by atoms with Crippen LogP contribution in [0, 0.1) is 0 Å². The maximum Gasteiger partial charge on any atom is 0.209 e. The molecule has 0 spiro atoms. The second-order valence-corrected chi connectivity index (χ2v) is 5.18. The molecule has 106 valence electrons. The van der Waals surface area contributed by atoms with Gasteiger partial charge >= 0.3 is 0 Å². The van der Waals surface area contributed by atoms with Crippen molar-refractivity contribution < 1.29 is 0 Å². The van der Waals surface area contributed by atoms with Crippen LogP contribution in [0.25, 0.3) is 11.0 Å². The van der Waals surface area contributed by atoms with Crippen molar-refractivity contribution in [3.8, 4) is 0 Å². The number of nitrogens with zero attached hydrogens (tertiary/aromatic N) is 2. The second kappa shape index (κ2) is 5.93. The molecule has 0 saturated carbocycles. The zero-order valence-electron chi connectivity index (χ0n) is 11.7. The van der Waals surface area contributed by atoms with E-state index in [-0.39, 0.29) is 0 Å². The Morgan fingerprint density at radius 2 is 1.81 bits per heavy atom. The van der Waals surface area contributed by atoms with Gasteiger partial charge in [-0.05, 0) is 29.9 Å². The van der Waals surface area contributed by atoms with Crippen molar-refractivity contribution in [2.24, 2.45) is 7.05 Å². The van der Waals surface area contributed by atoms with E-state index < -0.39 is 0 Å². The van der Waals surface area contributed by atoms with Crippen molar-refractivity contribution in [1.82, 2.24) is 14.9 Å². The number of hydrogen-bond acceptors (Lipinski definition) is 2. The molecule has 4 nitrogen and oxygen atoms in total. The van der Waals surface area contributed by atoms with Crippen molar-refractivity contribution in [3.05, 3.63) is 60.2 Å². The topological polar surface area (TPSA) is 41.9 Å². The predicted molar refractivity (Wildman–Crippen MR) is 90.2 cm³/mol. The fraction of sp³-hybridized carbons (Fsp3) is 0.125. The molecular weight excluding hydrogens is 280 g/mol. The maximum absolute atomic E-state index is 5.32. The zero-order chi connectivity index (χ0) is 14.7. The molecule has 0 radical (unpaired) electrons. The molecule has 5 heteroatoms. The first kappa shape index (κ1) is 13.6. The highest BCUT2D eigenvalue weighted by molar-refractivity contribution is 7.80. The molecule has 3 rings (SSSR count). The largest absolute Gasteiger partial charge is 0.358 e. The number of rotatable bonds is 3. The average molecular weight is 296 g/mol. The highest BCUT2D eigenvalue weighted by Gasteiger charge is 2.07. The third-order valence-corrected chi connectivity index (χ3v) is 3.55. The number of anilines is 1. The van der Waals surface area contributed by atoms with E-state index >= 15 is 0 Å². The summed E-state index contributed by atoms with van der Waals surface area (Å²) < 4.78 is 1.99. The normalized spacial score (nSPS) is 10.5. The summed E-state index contributed by atoms with van der Waals surface area (Å²) in [5.74, 6) is 0.738. The van der Waals surface area contributed by atoms with Gasteiger partial charge in [0.05, 0.1) is 11.0 Å². The number of aromatic nitrogens is 2. The molecule has 2 aromatic carbocycles. The fourth-order valence-corrected chi connectivity index (χ4v) is 2.34. The first-order chi connectivity index (χ1) is 10.2. The molecule has 0 amide bonds. The van der Waals surface area contributed by atoms with Gasteiger partial charge in [-0.15, -0.1) is 0 Å². The molecule has 21 heavy (non-hydrogen) atoms. The van der Waals surface area contributed by atoms with Gasteiger partial charge in [0.1, 0.15) is 0 Å². The van der Waals surface area contributed by atoms with Gasteiger partial charge in [-0.25, -0.2) is 4.98 Å². The SMILES string of the molecule is Cn1c(NC(=S)NCc2ccccc2)nc2ccccc21. The standard InChI is InChI=1S/C16H16N4S/c1-20-14-10-6-5-9-13(14)18-15(20)19-16(21)17-11-12-7-3-2-4-8-12/h2-10H,11H2,1H3,(H2,17,18,19,21). The summed E-state index contributed by atoms with van der Waals surface area (Å²) in [5, 5.41) is 6.89. The Bertz CT molecular complexity index is 764. The van der Waals surface area contributed by atoms with Crippen LogP contribution in [0.15, 0.2) is 54.6 Å². The molecule has 1 aromatic heterocycles. The fourth-order valence-electron chi connectivity index (χ4n) is 2.18. The molecule has 0 atom stereocenters. The van der Waals surface area contributed by atoms with Crippen LogP contribution in [-0.2, 0) is 13.6 Å². The lowest BCUT2D eigenvalue weighted by atomic mass is 10.2. The molecule has 0 aliphatic carbocycles. The molecule has 3 aromatic rings. The van der Waals surface area contributed by atoms with E-state index in [1.54, 1.807) is 0 Å². The lowest BCUT2D eigenvalue weighted by molar-refractivity contribution is 0.913. The zero-order valence-corrected chi connectivity index (χ0v) is 12.5. The Balaban J connectivity index is 1.67. The lowest BCUT2D eigenvalue weighted by Crippen LogP contribution is -2.29. The number of benzene rings is 2. The smallest absolute Gasteiger partial charge is 0.209 e. The van der Waals surface area contributed by atoms with Crippen molar-refractivity contribution in [3.63, 3.8) is 0 Å². The number of fused-ring (bicyclic) bond motifs is 1.